The molecule has 0 atom stereocenters. The van der Waals surface area contributed by atoms with Gasteiger partial charge in [-0.3, -0.25) is 0 Å². The second-order valence-corrected chi connectivity index (χ2v) is 7.06. The van der Waals surface area contributed by atoms with Crippen molar-refractivity contribution in [3.05, 3.63) is 36.3 Å². The molecule has 2 heterocycles. The highest BCUT2D eigenvalue weighted by atomic mass is 16.7. The highest BCUT2D eigenvalue weighted by molar-refractivity contribution is 6.62. The van der Waals surface area contributed by atoms with Crippen LogP contribution in [-0.2, 0) is 20.7 Å². The first-order chi connectivity index (χ1) is 11.7. The van der Waals surface area contributed by atoms with Gasteiger partial charge in [0.25, 0.3) is 0 Å². The first-order valence-corrected chi connectivity index (χ1v) is 8.10. The van der Waals surface area contributed by atoms with Crippen LogP contribution >= 0.6 is 0 Å². The molecular weight excluding hydrogens is 321 g/mol. The van der Waals surface area contributed by atoms with Crippen molar-refractivity contribution in [1.29, 1.82) is 0 Å². The maximum absolute atomic E-state index is 10.7. The summed E-state index contributed by atoms with van der Waals surface area (Å²) in [6.07, 6.45) is 0.851. The number of nitrogens with zero attached hydrogens (tertiary/aromatic N) is 1. The number of hydrogen-bond acceptors (Lipinski definition) is 5. The molecule has 1 aliphatic heterocycles. The number of H-pyrrole nitrogens is 1. The summed E-state index contributed by atoms with van der Waals surface area (Å²) < 4.78 is 16.9. The van der Waals surface area contributed by atoms with E-state index in [1.807, 2.05) is 52.0 Å². The number of carbonyl (C=O) groups excluding carboxylic acids is 1. The standard InChI is InChI=1S/C17H22BN3O4/c1-16(2)17(3,4)25-18(24-16)12-7-5-6-11(8-12)13-9-20-14(21-13)10-23-15(19)22/h5-9H,10H2,1-4H3,(H2,19,22)(H,20,21). The quantitative estimate of drug-likeness (QED) is 0.827. The van der Waals surface area contributed by atoms with Crippen LogP contribution in [0, 0.1) is 0 Å². The molecule has 3 N–H and O–H groups in total. The Morgan fingerprint density at radius 1 is 1.28 bits per heavy atom. The summed E-state index contributed by atoms with van der Waals surface area (Å²) >= 11 is 0. The molecule has 1 aromatic heterocycles. The highest BCUT2D eigenvalue weighted by Gasteiger charge is 2.51. The second-order valence-electron chi connectivity index (χ2n) is 7.06. The van der Waals surface area contributed by atoms with Crippen LogP contribution < -0.4 is 11.2 Å². The zero-order chi connectivity index (χ0) is 18.2. The van der Waals surface area contributed by atoms with E-state index >= 15 is 0 Å². The first kappa shape index (κ1) is 17.5. The molecule has 0 aliphatic carbocycles. The lowest BCUT2D eigenvalue weighted by Crippen LogP contribution is -2.41. The van der Waals surface area contributed by atoms with Gasteiger partial charge in [-0.05, 0) is 38.7 Å². The van der Waals surface area contributed by atoms with Gasteiger partial charge in [0.15, 0.2) is 6.61 Å². The number of amides is 1. The van der Waals surface area contributed by atoms with Gasteiger partial charge < -0.3 is 24.8 Å². The van der Waals surface area contributed by atoms with Gasteiger partial charge in [-0.1, -0.05) is 24.3 Å². The van der Waals surface area contributed by atoms with Gasteiger partial charge in [-0.15, -0.1) is 0 Å². The topological polar surface area (TPSA) is 99.5 Å². The number of nitrogens with two attached hydrogens (primary N) is 1. The molecule has 25 heavy (non-hydrogen) atoms. The highest BCUT2D eigenvalue weighted by Crippen LogP contribution is 2.36. The molecule has 1 amide bonds. The number of imidazole rings is 1. The van der Waals surface area contributed by atoms with E-state index in [1.54, 1.807) is 6.20 Å². The molecule has 1 aliphatic rings. The summed E-state index contributed by atoms with van der Waals surface area (Å²) in [7, 11) is -0.425. The lowest BCUT2D eigenvalue weighted by molar-refractivity contribution is 0.00578. The number of primary amides is 1. The molecule has 1 aromatic carbocycles. The van der Waals surface area contributed by atoms with Crippen molar-refractivity contribution >= 4 is 18.7 Å². The number of benzene rings is 1. The third-order valence-corrected chi connectivity index (χ3v) is 4.70. The zero-order valence-electron chi connectivity index (χ0n) is 14.8. The predicted molar refractivity (Wildman–Crippen MR) is 94.1 cm³/mol. The molecule has 0 saturated carbocycles. The molecule has 3 rings (SSSR count). The van der Waals surface area contributed by atoms with E-state index in [0.717, 1.165) is 16.7 Å². The van der Waals surface area contributed by atoms with E-state index in [2.05, 4.69) is 9.97 Å². The van der Waals surface area contributed by atoms with Crippen LogP contribution in [0.1, 0.15) is 33.5 Å². The number of aromatic nitrogens is 2. The Morgan fingerprint density at radius 3 is 2.60 bits per heavy atom. The van der Waals surface area contributed by atoms with Crippen LogP contribution in [0.4, 0.5) is 4.79 Å². The fraction of sp³-hybridized carbons (Fsp3) is 0.412. The van der Waals surface area contributed by atoms with Crippen molar-refractivity contribution in [2.75, 3.05) is 0 Å². The molecule has 1 fully saturated rings. The SMILES string of the molecule is CC1(C)OB(c2cccc(-c3cnc(COC(N)=O)[nH]3)c2)OC1(C)C. The van der Waals surface area contributed by atoms with E-state index < -0.39 is 13.2 Å². The molecular formula is C17H22BN3O4. The molecule has 7 nitrogen and oxygen atoms in total. The molecule has 132 valence electrons. The van der Waals surface area contributed by atoms with E-state index in [4.69, 9.17) is 19.8 Å². The van der Waals surface area contributed by atoms with Gasteiger partial charge in [0.1, 0.15) is 5.82 Å². The molecule has 0 radical (unpaired) electrons. The van der Waals surface area contributed by atoms with Crippen LogP contribution in [0.25, 0.3) is 11.3 Å². The lowest BCUT2D eigenvalue weighted by Gasteiger charge is -2.32. The fourth-order valence-electron chi connectivity index (χ4n) is 2.55. The average molecular weight is 343 g/mol. The van der Waals surface area contributed by atoms with Crippen LogP contribution in [0.3, 0.4) is 0 Å². The first-order valence-electron chi connectivity index (χ1n) is 8.10. The molecule has 0 unspecified atom stereocenters. The van der Waals surface area contributed by atoms with Crippen molar-refractivity contribution in [2.45, 2.75) is 45.5 Å². The molecule has 2 aromatic rings. The van der Waals surface area contributed by atoms with Crippen molar-refractivity contribution in [3.8, 4) is 11.3 Å². The van der Waals surface area contributed by atoms with Crippen molar-refractivity contribution in [3.63, 3.8) is 0 Å². The summed E-state index contributed by atoms with van der Waals surface area (Å²) in [5, 5.41) is 0. The number of aromatic amines is 1. The van der Waals surface area contributed by atoms with Crippen LogP contribution in [0.15, 0.2) is 30.5 Å². The summed E-state index contributed by atoms with van der Waals surface area (Å²) in [5.41, 5.74) is 6.86. The number of ether oxygens (including phenoxy) is 1. The normalized spacial score (nSPS) is 18.3. The minimum absolute atomic E-state index is 0.00620. The Kier molecular flexibility index (Phi) is 4.34. The number of rotatable bonds is 4. The minimum atomic E-state index is -0.833. The third-order valence-electron chi connectivity index (χ3n) is 4.70. The Balaban J connectivity index is 1.80. The van der Waals surface area contributed by atoms with Crippen LogP contribution in [0.5, 0.6) is 0 Å². The minimum Gasteiger partial charge on any atom is -0.442 e. The Hall–Kier alpha value is -2.32. The monoisotopic (exact) mass is 343 g/mol. The number of nitrogens with one attached hydrogen (secondary N) is 1. The summed E-state index contributed by atoms with van der Waals surface area (Å²) in [6.45, 7) is 8.10. The third kappa shape index (κ3) is 3.55. The van der Waals surface area contributed by atoms with Crippen molar-refractivity contribution in [1.82, 2.24) is 9.97 Å². The molecule has 0 spiro atoms. The van der Waals surface area contributed by atoms with Gasteiger partial charge >= 0.3 is 13.2 Å². The van der Waals surface area contributed by atoms with Crippen LogP contribution in [-0.4, -0.2) is 34.4 Å². The Morgan fingerprint density at radius 2 is 1.96 bits per heavy atom. The van der Waals surface area contributed by atoms with E-state index in [1.165, 1.54) is 0 Å². The van der Waals surface area contributed by atoms with Gasteiger partial charge in [-0.25, -0.2) is 9.78 Å². The number of carbonyl (C=O) groups is 1. The molecule has 0 bridgehead atoms. The second kappa shape index (κ2) is 6.20. The van der Waals surface area contributed by atoms with Crippen LogP contribution in [0.2, 0.25) is 0 Å². The summed E-state index contributed by atoms with van der Waals surface area (Å²) in [5.74, 6) is 0.523. The zero-order valence-corrected chi connectivity index (χ0v) is 14.8. The maximum Gasteiger partial charge on any atom is 0.494 e. The smallest absolute Gasteiger partial charge is 0.442 e. The van der Waals surface area contributed by atoms with Gasteiger partial charge in [0.2, 0.25) is 0 Å². The van der Waals surface area contributed by atoms with E-state index in [0.29, 0.717) is 5.82 Å². The summed E-state index contributed by atoms with van der Waals surface area (Å²) in [4.78, 5) is 18.0. The lowest BCUT2D eigenvalue weighted by atomic mass is 9.78. The maximum atomic E-state index is 10.7. The number of hydrogen-bond donors (Lipinski definition) is 2. The van der Waals surface area contributed by atoms with Gasteiger partial charge in [0, 0.05) is 0 Å². The van der Waals surface area contributed by atoms with Gasteiger partial charge in [-0.2, -0.15) is 0 Å². The largest absolute Gasteiger partial charge is 0.494 e. The average Bonchev–Trinajstić information content (AvgIpc) is 3.08. The predicted octanol–water partition coefficient (Wildman–Crippen LogP) is 1.97. The fourth-order valence-corrected chi connectivity index (χ4v) is 2.55. The Labute approximate surface area is 147 Å². The molecule has 1 saturated heterocycles. The van der Waals surface area contributed by atoms with E-state index in [-0.39, 0.29) is 17.8 Å². The molecule has 8 heteroatoms. The van der Waals surface area contributed by atoms with E-state index in [9.17, 15) is 4.79 Å². The Bertz CT molecular complexity index is 772. The summed E-state index contributed by atoms with van der Waals surface area (Å²) in [6, 6.07) is 7.87. The van der Waals surface area contributed by atoms with Crippen molar-refractivity contribution in [2.24, 2.45) is 5.73 Å². The van der Waals surface area contributed by atoms with Crippen molar-refractivity contribution < 1.29 is 18.8 Å². The van der Waals surface area contributed by atoms with Gasteiger partial charge in [0.05, 0.1) is 23.1 Å².